The zero-order chi connectivity index (χ0) is 11.0. The van der Waals surface area contributed by atoms with Crippen LogP contribution in [0.4, 0.5) is 10.1 Å². The SMILES string of the molecule is O=C1C=CC(=O)N1c1cc(Cl)ccc1F. The number of halogens is 2. The monoisotopic (exact) mass is 225 g/mol. The molecule has 2 rings (SSSR count). The average molecular weight is 226 g/mol. The highest BCUT2D eigenvalue weighted by Crippen LogP contribution is 2.25. The molecule has 5 heteroatoms. The van der Waals surface area contributed by atoms with E-state index in [1.807, 2.05) is 0 Å². The first-order valence-electron chi connectivity index (χ1n) is 4.11. The van der Waals surface area contributed by atoms with Crippen LogP contribution in [0.2, 0.25) is 5.02 Å². The van der Waals surface area contributed by atoms with Crippen LogP contribution in [0, 0.1) is 5.82 Å². The molecule has 15 heavy (non-hydrogen) atoms. The van der Waals surface area contributed by atoms with Crippen molar-refractivity contribution in [3.8, 4) is 0 Å². The van der Waals surface area contributed by atoms with E-state index in [4.69, 9.17) is 11.6 Å². The fourth-order valence-electron chi connectivity index (χ4n) is 1.29. The molecule has 3 nitrogen and oxygen atoms in total. The number of rotatable bonds is 1. The second kappa shape index (κ2) is 3.47. The molecule has 0 fully saturated rings. The van der Waals surface area contributed by atoms with Gasteiger partial charge in [-0.3, -0.25) is 9.59 Å². The molecule has 0 radical (unpaired) electrons. The van der Waals surface area contributed by atoms with E-state index < -0.39 is 17.6 Å². The molecule has 0 bridgehead atoms. The Morgan fingerprint density at radius 2 is 1.73 bits per heavy atom. The summed E-state index contributed by atoms with van der Waals surface area (Å²) < 4.78 is 13.3. The van der Waals surface area contributed by atoms with Crippen molar-refractivity contribution in [1.29, 1.82) is 0 Å². The Hall–Kier alpha value is -1.68. The van der Waals surface area contributed by atoms with Gasteiger partial charge in [-0.05, 0) is 18.2 Å². The van der Waals surface area contributed by atoms with Gasteiger partial charge in [0.1, 0.15) is 5.82 Å². The Morgan fingerprint density at radius 1 is 1.13 bits per heavy atom. The van der Waals surface area contributed by atoms with E-state index in [-0.39, 0.29) is 10.7 Å². The van der Waals surface area contributed by atoms with Crippen LogP contribution < -0.4 is 4.90 Å². The van der Waals surface area contributed by atoms with Gasteiger partial charge in [0.25, 0.3) is 11.8 Å². The van der Waals surface area contributed by atoms with Crippen molar-refractivity contribution in [2.45, 2.75) is 0 Å². The standard InChI is InChI=1S/C10H5ClFNO2/c11-6-1-2-7(12)8(5-6)13-9(14)3-4-10(13)15/h1-5H. The molecule has 0 saturated carbocycles. The smallest absolute Gasteiger partial charge is 0.258 e. The molecular formula is C10H5ClFNO2. The zero-order valence-electron chi connectivity index (χ0n) is 7.41. The summed E-state index contributed by atoms with van der Waals surface area (Å²) in [5.74, 6) is -1.80. The number of hydrogen-bond acceptors (Lipinski definition) is 2. The molecule has 1 aromatic carbocycles. The molecule has 1 aliphatic rings. The molecule has 2 amide bonds. The number of anilines is 1. The number of carbonyl (C=O) groups is 2. The van der Waals surface area contributed by atoms with Crippen LogP contribution in [-0.2, 0) is 9.59 Å². The third-order valence-corrected chi connectivity index (χ3v) is 2.19. The third-order valence-electron chi connectivity index (χ3n) is 1.96. The highest BCUT2D eigenvalue weighted by Gasteiger charge is 2.27. The second-order valence-electron chi connectivity index (χ2n) is 2.94. The lowest BCUT2D eigenvalue weighted by molar-refractivity contribution is -0.120. The Kier molecular flexibility index (Phi) is 2.28. The maximum Gasteiger partial charge on any atom is 0.258 e. The van der Waals surface area contributed by atoms with Gasteiger partial charge in [-0.1, -0.05) is 11.6 Å². The lowest BCUT2D eigenvalue weighted by atomic mass is 10.3. The van der Waals surface area contributed by atoms with Gasteiger partial charge < -0.3 is 0 Å². The van der Waals surface area contributed by atoms with Gasteiger partial charge in [0, 0.05) is 17.2 Å². The Bertz CT molecular complexity index is 466. The first kappa shape index (κ1) is 9.86. The van der Waals surface area contributed by atoms with Crippen LogP contribution >= 0.6 is 11.6 Å². The van der Waals surface area contributed by atoms with Gasteiger partial charge in [0.2, 0.25) is 0 Å². The summed E-state index contributed by atoms with van der Waals surface area (Å²) in [4.78, 5) is 23.3. The number of nitrogens with zero attached hydrogens (tertiary/aromatic N) is 1. The van der Waals surface area contributed by atoms with Crippen molar-refractivity contribution in [2.24, 2.45) is 0 Å². The zero-order valence-corrected chi connectivity index (χ0v) is 8.16. The van der Waals surface area contributed by atoms with Gasteiger partial charge >= 0.3 is 0 Å². The third kappa shape index (κ3) is 1.64. The molecule has 0 atom stereocenters. The molecule has 0 spiro atoms. The summed E-state index contributed by atoms with van der Waals surface area (Å²) in [6.07, 6.45) is 2.17. The molecule has 0 N–H and O–H groups in total. The van der Waals surface area contributed by atoms with Crippen molar-refractivity contribution >= 4 is 29.1 Å². The molecule has 0 aromatic heterocycles. The Labute approximate surface area is 89.7 Å². The van der Waals surface area contributed by atoms with E-state index in [9.17, 15) is 14.0 Å². The summed E-state index contributed by atoms with van der Waals surface area (Å²) in [5.41, 5.74) is -0.123. The van der Waals surface area contributed by atoms with Crippen molar-refractivity contribution in [2.75, 3.05) is 4.90 Å². The van der Waals surface area contributed by atoms with Gasteiger partial charge in [0.15, 0.2) is 0 Å². The van der Waals surface area contributed by atoms with Crippen molar-refractivity contribution in [3.63, 3.8) is 0 Å². The lowest BCUT2D eigenvalue weighted by Crippen LogP contribution is -2.30. The number of carbonyl (C=O) groups excluding carboxylic acids is 2. The highest BCUT2D eigenvalue weighted by atomic mass is 35.5. The summed E-state index contributed by atoms with van der Waals surface area (Å²) in [6, 6.07) is 3.69. The predicted octanol–water partition coefficient (Wildman–Crippen LogP) is 1.91. The highest BCUT2D eigenvalue weighted by molar-refractivity contribution is 6.32. The Balaban J connectivity index is 2.50. The minimum atomic E-state index is -0.662. The van der Waals surface area contributed by atoms with Crippen LogP contribution in [0.3, 0.4) is 0 Å². The van der Waals surface area contributed by atoms with E-state index >= 15 is 0 Å². The van der Waals surface area contributed by atoms with Crippen LogP contribution in [0.1, 0.15) is 0 Å². The maximum atomic E-state index is 13.3. The quantitative estimate of drug-likeness (QED) is 0.685. The molecule has 0 aliphatic carbocycles. The molecular weight excluding hydrogens is 221 g/mol. The fourth-order valence-corrected chi connectivity index (χ4v) is 1.46. The first-order valence-corrected chi connectivity index (χ1v) is 4.48. The predicted molar refractivity (Wildman–Crippen MR) is 53.0 cm³/mol. The van der Waals surface area contributed by atoms with Crippen LogP contribution in [0.5, 0.6) is 0 Å². The van der Waals surface area contributed by atoms with Gasteiger partial charge in [-0.25, -0.2) is 9.29 Å². The topological polar surface area (TPSA) is 37.4 Å². The van der Waals surface area contributed by atoms with Crippen molar-refractivity contribution in [1.82, 2.24) is 0 Å². The lowest BCUT2D eigenvalue weighted by Gasteiger charge is -2.14. The number of hydrogen-bond donors (Lipinski definition) is 0. The normalized spacial score (nSPS) is 15.2. The average Bonchev–Trinajstić information content (AvgIpc) is 2.51. The molecule has 0 saturated heterocycles. The van der Waals surface area contributed by atoms with Crippen LogP contribution in [0.25, 0.3) is 0 Å². The summed E-state index contributed by atoms with van der Waals surface area (Å²) >= 11 is 5.65. The number of amides is 2. The summed E-state index contributed by atoms with van der Waals surface area (Å²) in [7, 11) is 0. The fraction of sp³-hybridized carbons (Fsp3) is 0. The van der Waals surface area contributed by atoms with E-state index in [2.05, 4.69) is 0 Å². The number of imide groups is 1. The minimum Gasteiger partial charge on any atom is -0.269 e. The Morgan fingerprint density at radius 3 is 2.33 bits per heavy atom. The van der Waals surface area contributed by atoms with Gasteiger partial charge in [-0.15, -0.1) is 0 Å². The molecule has 76 valence electrons. The molecule has 1 heterocycles. The largest absolute Gasteiger partial charge is 0.269 e. The summed E-state index contributed by atoms with van der Waals surface area (Å²) in [5, 5.41) is 0.263. The van der Waals surface area contributed by atoms with Crippen LogP contribution in [-0.4, -0.2) is 11.8 Å². The van der Waals surface area contributed by atoms with Gasteiger partial charge in [0.05, 0.1) is 5.69 Å². The van der Waals surface area contributed by atoms with Crippen molar-refractivity contribution in [3.05, 3.63) is 41.2 Å². The molecule has 0 unspecified atom stereocenters. The van der Waals surface area contributed by atoms with Crippen molar-refractivity contribution < 1.29 is 14.0 Å². The first-order chi connectivity index (χ1) is 7.09. The molecule has 1 aliphatic heterocycles. The number of benzene rings is 1. The minimum absolute atomic E-state index is 0.123. The van der Waals surface area contributed by atoms with E-state index in [1.165, 1.54) is 12.1 Å². The van der Waals surface area contributed by atoms with E-state index in [1.54, 1.807) is 0 Å². The van der Waals surface area contributed by atoms with Crippen LogP contribution in [0.15, 0.2) is 30.4 Å². The summed E-state index contributed by atoms with van der Waals surface area (Å²) in [6.45, 7) is 0. The van der Waals surface area contributed by atoms with Gasteiger partial charge in [-0.2, -0.15) is 0 Å². The molecule has 1 aromatic rings. The van der Waals surface area contributed by atoms with E-state index in [0.29, 0.717) is 0 Å². The maximum absolute atomic E-state index is 13.3. The van der Waals surface area contributed by atoms with E-state index in [0.717, 1.165) is 23.1 Å². The second-order valence-corrected chi connectivity index (χ2v) is 3.38.